The number of nitrogens with zero attached hydrogens (tertiary/aromatic N) is 1. The number of nitrogens with one attached hydrogen (secondary N) is 1. The van der Waals surface area contributed by atoms with Gasteiger partial charge in [-0.05, 0) is 25.2 Å². The summed E-state index contributed by atoms with van der Waals surface area (Å²) in [6.07, 6.45) is 2.00. The van der Waals surface area contributed by atoms with Gasteiger partial charge in [-0.3, -0.25) is 10.1 Å². The summed E-state index contributed by atoms with van der Waals surface area (Å²) in [5, 5.41) is 13.6. The van der Waals surface area contributed by atoms with Crippen molar-refractivity contribution in [2.75, 3.05) is 5.32 Å². The van der Waals surface area contributed by atoms with Gasteiger partial charge in [0, 0.05) is 12.1 Å². The number of benzene rings is 1. The van der Waals surface area contributed by atoms with Crippen LogP contribution < -0.4 is 5.32 Å². The van der Waals surface area contributed by atoms with Crippen LogP contribution in [0.4, 0.5) is 20.2 Å². The minimum atomic E-state index is -0.949. The summed E-state index contributed by atoms with van der Waals surface area (Å²) >= 11 is 0. The second kappa shape index (κ2) is 4.19. The van der Waals surface area contributed by atoms with Gasteiger partial charge in [0.05, 0.1) is 11.0 Å². The van der Waals surface area contributed by atoms with Crippen LogP contribution >= 0.6 is 0 Å². The molecule has 0 saturated heterocycles. The Morgan fingerprint density at radius 1 is 1.44 bits per heavy atom. The van der Waals surface area contributed by atoms with Crippen LogP contribution in [0.5, 0.6) is 0 Å². The third-order valence-corrected chi connectivity index (χ3v) is 3.68. The van der Waals surface area contributed by atoms with E-state index in [1.807, 2.05) is 13.8 Å². The van der Waals surface area contributed by atoms with Crippen molar-refractivity contribution in [1.82, 2.24) is 0 Å². The van der Waals surface area contributed by atoms with E-state index in [1.54, 1.807) is 0 Å². The first kappa shape index (κ1) is 12.7. The Hall–Kier alpha value is -1.72. The van der Waals surface area contributed by atoms with Crippen LogP contribution in [0.25, 0.3) is 0 Å². The molecule has 1 atom stereocenters. The molecule has 0 amide bonds. The maximum absolute atomic E-state index is 13.6. The van der Waals surface area contributed by atoms with Crippen LogP contribution in [0.15, 0.2) is 12.1 Å². The molecule has 1 aromatic carbocycles. The second-order valence-electron chi connectivity index (χ2n) is 5.06. The Kier molecular flexibility index (Phi) is 2.96. The largest absolute Gasteiger partial charge is 0.374 e. The van der Waals surface area contributed by atoms with E-state index in [-0.39, 0.29) is 17.1 Å². The lowest BCUT2D eigenvalue weighted by atomic mass is 10.0. The Morgan fingerprint density at radius 3 is 2.56 bits per heavy atom. The van der Waals surface area contributed by atoms with Crippen LogP contribution in [0, 0.1) is 27.2 Å². The molecule has 0 radical (unpaired) electrons. The Morgan fingerprint density at radius 2 is 2.06 bits per heavy atom. The molecule has 0 aromatic heterocycles. The van der Waals surface area contributed by atoms with E-state index in [9.17, 15) is 18.9 Å². The zero-order chi connectivity index (χ0) is 13.5. The van der Waals surface area contributed by atoms with Crippen molar-refractivity contribution in [3.8, 4) is 0 Å². The highest BCUT2D eigenvalue weighted by atomic mass is 19.1. The van der Waals surface area contributed by atoms with E-state index in [0.29, 0.717) is 6.07 Å². The summed E-state index contributed by atoms with van der Waals surface area (Å²) < 4.78 is 26.6. The first-order chi connectivity index (χ1) is 8.33. The molecule has 2 rings (SSSR count). The number of anilines is 1. The van der Waals surface area contributed by atoms with Crippen molar-refractivity contribution < 1.29 is 13.7 Å². The molecular formula is C12H14F2N2O2. The van der Waals surface area contributed by atoms with Crippen LogP contribution in [0.2, 0.25) is 0 Å². The molecule has 1 fully saturated rings. The molecule has 1 aliphatic rings. The molecule has 6 heteroatoms. The second-order valence-corrected chi connectivity index (χ2v) is 5.06. The van der Waals surface area contributed by atoms with Crippen molar-refractivity contribution in [1.29, 1.82) is 0 Å². The number of nitro benzene ring substituents is 1. The molecule has 98 valence electrons. The molecule has 1 aromatic rings. The third-order valence-electron chi connectivity index (χ3n) is 3.68. The predicted octanol–water partition coefficient (Wildman–Crippen LogP) is 3.47. The lowest BCUT2D eigenvalue weighted by Crippen LogP contribution is -2.26. The molecule has 1 aliphatic carbocycles. The van der Waals surface area contributed by atoms with Crippen LogP contribution in [0.3, 0.4) is 0 Å². The Balaban J connectivity index is 2.34. The van der Waals surface area contributed by atoms with Crippen molar-refractivity contribution in [2.24, 2.45) is 5.41 Å². The summed E-state index contributed by atoms with van der Waals surface area (Å²) in [6.45, 7) is 3.87. The summed E-state index contributed by atoms with van der Waals surface area (Å²) in [7, 11) is 0. The highest BCUT2D eigenvalue weighted by molar-refractivity contribution is 5.63. The minimum Gasteiger partial charge on any atom is -0.374 e. The van der Waals surface area contributed by atoms with E-state index in [1.165, 1.54) is 0 Å². The smallest absolute Gasteiger partial charge is 0.298 e. The zero-order valence-corrected chi connectivity index (χ0v) is 10.2. The van der Waals surface area contributed by atoms with Crippen LogP contribution in [0.1, 0.15) is 26.7 Å². The van der Waals surface area contributed by atoms with Gasteiger partial charge in [-0.15, -0.1) is 0 Å². The fourth-order valence-electron chi connectivity index (χ4n) is 1.87. The van der Waals surface area contributed by atoms with Gasteiger partial charge >= 0.3 is 0 Å². The van der Waals surface area contributed by atoms with Crippen molar-refractivity contribution in [3.05, 3.63) is 33.9 Å². The molecule has 0 aliphatic heterocycles. The van der Waals surface area contributed by atoms with Gasteiger partial charge in [0.25, 0.3) is 5.69 Å². The average molecular weight is 256 g/mol. The predicted molar refractivity (Wildman–Crippen MR) is 63.4 cm³/mol. The standard InChI is InChI=1S/C12H14F2N2O2/c1-7(12(2)3-4-12)15-11-9(14)5-8(13)6-10(11)16(17)18/h5-7,15H,3-4H2,1-2H3. The van der Waals surface area contributed by atoms with E-state index >= 15 is 0 Å². The molecular weight excluding hydrogens is 242 g/mol. The number of rotatable bonds is 4. The summed E-state index contributed by atoms with van der Waals surface area (Å²) in [4.78, 5) is 10.0. The maximum Gasteiger partial charge on any atom is 0.298 e. The van der Waals surface area contributed by atoms with Gasteiger partial charge in [-0.2, -0.15) is 0 Å². The molecule has 0 bridgehead atoms. The SMILES string of the molecule is CC(Nc1c(F)cc(F)cc1[N+](=O)[O-])C1(C)CC1. The first-order valence-corrected chi connectivity index (χ1v) is 5.73. The minimum absolute atomic E-state index is 0.0364. The van der Waals surface area contributed by atoms with Gasteiger partial charge in [-0.25, -0.2) is 8.78 Å². The van der Waals surface area contributed by atoms with Gasteiger partial charge in [0.15, 0.2) is 5.82 Å². The summed E-state index contributed by atoms with van der Waals surface area (Å²) in [6, 6.07) is 1.28. The normalized spacial score (nSPS) is 18.2. The fourth-order valence-corrected chi connectivity index (χ4v) is 1.87. The van der Waals surface area contributed by atoms with E-state index in [0.717, 1.165) is 18.9 Å². The lowest BCUT2D eigenvalue weighted by molar-refractivity contribution is -0.384. The van der Waals surface area contributed by atoms with Crippen molar-refractivity contribution in [3.63, 3.8) is 0 Å². The van der Waals surface area contributed by atoms with Crippen LogP contribution in [-0.2, 0) is 0 Å². The van der Waals surface area contributed by atoms with Crippen molar-refractivity contribution >= 4 is 11.4 Å². The van der Waals surface area contributed by atoms with Gasteiger partial charge < -0.3 is 5.32 Å². The van der Waals surface area contributed by atoms with Gasteiger partial charge in [-0.1, -0.05) is 6.92 Å². The third kappa shape index (κ3) is 2.27. The molecule has 1 unspecified atom stereocenters. The Bertz CT molecular complexity index is 501. The van der Waals surface area contributed by atoms with Crippen molar-refractivity contribution in [2.45, 2.75) is 32.7 Å². The van der Waals surface area contributed by atoms with Gasteiger partial charge in [0.1, 0.15) is 11.5 Å². The average Bonchev–Trinajstić information content (AvgIpc) is 3.01. The highest BCUT2D eigenvalue weighted by Crippen LogP contribution is 2.49. The quantitative estimate of drug-likeness (QED) is 0.662. The lowest BCUT2D eigenvalue weighted by Gasteiger charge is -2.21. The summed E-state index contributed by atoms with van der Waals surface area (Å²) in [5.74, 6) is -1.88. The first-order valence-electron chi connectivity index (χ1n) is 5.73. The molecule has 4 nitrogen and oxygen atoms in total. The Labute approximate surface area is 103 Å². The molecule has 0 spiro atoms. The van der Waals surface area contributed by atoms with E-state index in [4.69, 9.17) is 0 Å². The number of nitro groups is 1. The molecule has 0 heterocycles. The monoisotopic (exact) mass is 256 g/mol. The fraction of sp³-hybridized carbons (Fsp3) is 0.500. The molecule has 1 saturated carbocycles. The maximum atomic E-state index is 13.6. The highest BCUT2D eigenvalue weighted by Gasteiger charge is 2.43. The summed E-state index contributed by atoms with van der Waals surface area (Å²) in [5.41, 5.74) is -0.764. The number of halogens is 2. The molecule has 18 heavy (non-hydrogen) atoms. The molecule has 1 N–H and O–H groups in total. The number of hydrogen-bond acceptors (Lipinski definition) is 3. The van der Waals surface area contributed by atoms with E-state index < -0.39 is 22.2 Å². The van der Waals surface area contributed by atoms with Gasteiger partial charge in [0.2, 0.25) is 0 Å². The topological polar surface area (TPSA) is 55.2 Å². The number of hydrogen-bond donors (Lipinski definition) is 1. The van der Waals surface area contributed by atoms with E-state index in [2.05, 4.69) is 5.32 Å². The van der Waals surface area contributed by atoms with Crippen LogP contribution in [-0.4, -0.2) is 11.0 Å². The zero-order valence-electron chi connectivity index (χ0n) is 10.2.